The number of hydrogen-bond acceptors (Lipinski definition) is 8. The highest BCUT2D eigenvalue weighted by Crippen LogP contribution is 2.58. The van der Waals surface area contributed by atoms with Crippen molar-refractivity contribution in [3.63, 3.8) is 0 Å². The van der Waals surface area contributed by atoms with E-state index in [0.29, 0.717) is 5.56 Å². The normalized spacial score (nSPS) is 18.6. The highest BCUT2D eigenvalue weighted by atomic mass is 31.2. The second-order valence-electron chi connectivity index (χ2n) is 15.8. The van der Waals surface area contributed by atoms with E-state index in [1.807, 2.05) is 66.7 Å². The Morgan fingerprint density at radius 1 is 0.783 bits per heavy atom. The van der Waals surface area contributed by atoms with Crippen molar-refractivity contribution in [2.45, 2.75) is 62.8 Å². The minimum atomic E-state index is -2.26. The van der Waals surface area contributed by atoms with Crippen LogP contribution in [0, 0.1) is 6.92 Å². The van der Waals surface area contributed by atoms with Gasteiger partial charge < -0.3 is 23.3 Å². The van der Waals surface area contributed by atoms with Crippen LogP contribution < -0.4 is 31.1 Å². The Bertz CT molecular complexity index is 2360. The van der Waals surface area contributed by atoms with Gasteiger partial charge in [-0.05, 0) is 66.8 Å². The van der Waals surface area contributed by atoms with E-state index in [9.17, 15) is 9.59 Å². The van der Waals surface area contributed by atoms with Crippen LogP contribution in [0.3, 0.4) is 0 Å². The molecule has 2 aliphatic rings. The molecule has 4 atom stereocenters. The second-order valence-corrected chi connectivity index (χ2v) is 21.4. The number of ether oxygens (including phenoxy) is 3. The van der Waals surface area contributed by atoms with Gasteiger partial charge in [0.2, 0.25) is 0 Å². The van der Waals surface area contributed by atoms with Crippen molar-refractivity contribution in [3.05, 3.63) is 189 Å². The van der Waals surface area contributed by atoms with E-state index in [-0.39, 0.29) is 25.3 Å². The first-order chi connectivity index (χ1) is 29.2. The molecule has 310 valence electrons. The highest BCUT2D eigenvalue weighted by Gasteiger charge is 2.51. The summed E-state index contributed by atoms with van der Waals surface area (Å²) in [4.78, 5) is 28.3. The predicted molar refractivity (Wildman–Crippen MR) is 239 cm³/mol. The van der Waals surface area contributed by atoms with Crippen LogP contribution >= 0.6 is 8.53 Å². The zero-order chi connectivity index (χ0) is 41.7. The number of aromatic nitrogens is 2. The summed E-state index contributed by atoms with van der Waals surface area (Å²) in [5, 5.41) is 2.74. The van der Waals surface area contributed by atoms with Crippen LogP contribution in [0.25, 0.3) is 0 Å². The van der Waals surface area contributed by atoms with Gasteiger partial charge in [0.15, 0.2) is 0 Å². The molecule has 2 aliphatic heterocycles. The predicted octanol–water partition coefficient (Wildman–Crippen LogP) is 7.24. The third kappa shape index (κ3) is 8.43. The SMILES string of the molecule is COc1ccc(C(OCC(Cn2cc(C)c(=O)[nH]c2=O)O[P@@]2O[C@H](C[Si](C)(c3ccccc3)c3ccccc3)[C@@H]3CCCN32)(c2ccccc2)c2ccc(OC)cc2)cc1. The van der Waals surface area contributed by atoms with Crippen molar-refractivity contribution in [2.24, 2.45) is 0 Å². The fourth-order valence-electron chi connectivity index (χ4n) is 8.79. The fourth-order valence-corrected chi connectivity index (χ4v) is 14.7. The topological polar surface area (TPSA) is 104 Å². The van der Waals surface area contributed by atoms with Crippen LogP contribution in [-0.4, -0.2) is 67.9 Å². The molecule has 12 heteroatoms. The lowest BCUT2D eigenvalue weighted by Gasteiger charge is -2.37. The number of hydrogen-bond donors (Lipinski definition) is 1. The van der Waals surface area contributed by atoms with Crippen molar-refractivity contribution in [1.82, 2.24) is 14.2 Å². The van der Waals surface area contributed by atoms with E-state index in [2.05, 4.69) is 89.0 Å². The molecule has 8 rings (SSSR count). The molecule has 0 amide bonds. The molecule has 60 heavy (non-hydrogen) atoms. The first kappa shape index (κ1) is 41.6. The van der Waals surface area contributed by atoms with Gasteiger partial charge in [0.05, 0.1) is 33.5 Å². The first-order valence-electron chi connectivity index (χ1n) is 20.5. The average Bonchev–Trinajstić information content (AvgIpc) is 3.91. The van der Waals surface area contributed by atoms with Crippen LogP contribution in [0.1, 0.15) is 35.1 Å². The van der Waals surface area contributed by atoms with Gasteiger partial charge in [-0.1, -0.05) is 132 Å². The summed E-state index contributed by atoms with van der Waals surface area (Å²) in [5.41, 5.74) is 1.05. The lowest BCUT2D eigenvalue weighted by Crippen LogP contribution is -2.58. The zero-order valence-electron chi connectivity index (χ0n) is 34.5. The van der Waals surface area contributed by atoms with E-state index >= 15 is 0 Å². The number of benzene rings is 5. The smallest absolute Gasteiger partial charge is 0.328 e. The summed E-state index contributed by atoms with van der Waals surface area (Å²) < 4.78 is 36.7. The summed E-state index contributed by atoms with van der Waals surface area (Å²) >= 11 is 0. The number of rotatable bonds is 16. The maximum Gasteiger partial charge on any atom is 0.328 e. The maximum atomic E-state index is 13.4. The van der Waals surface area contributed by atoms with Gasteiger partial charge in [0.25, 0.3) is 14.1 Å². The molecule has 1 unspecified atom stereocenters. The molecule has 6 aromatic rings. The quantitative estimate of drug-likeness (QED) is 0.0619. The third-order valence-electron chi connectivity index (χ3n) is 12.1. The van der Waals surface area contributed by atoms with E-state index in [1.165, 1.54) is 14.9 Å². The summed E-state index contributed by atoms with van der Waals surface area (Å²) in [6.07, 6.45) is 2.96. The zero-order valence-corrected chi connectivity index (χ0v) is 36.4. The monoisotopic (exact) mass is 841 g/mol. The van der Waals surface area contributed by atoms with Crippen LogP contribution in [-0.2, 0) is 25.9 Å². The van der Waals surface area contributed by atoms with Gasteiger partial charge >= 0.3 is 5.69 Å². The molecule has 0 saturated carbocycles. The van der Waals surface area contributed by atoms with Crippen molar-refractivity contribution in [2.75, 3.05) is 27.4 Å². The van der Waals surface area contributed by atoms with Gasteiger partial charge in [-0.25, -0.2) is 9.46 Å². The number of methoxy groups -OCH3 is 2. The van der Waals surface area contributed by atoms with E-state index in [1.54, 1.807) is 27.3 Å². The minimum absolute atomic E-state index is 0.0442. The summed E-state index contributed by atoms with van der Waals surface area (Å²) in [5.74, 6) is 1.44. The molecule has 1 N–H and O–H groups in total. The van der Waals surface area contributed by atoms with E-state index in [0.717, 1.165) is 53.6 Å². The van der Waals surface area contributed by atoms with Gasteiger partial charge in [-0.3, -0.25) is 14.3 Å². The molecule has 10 nitrogen and oxygen atoms in total. The largest absolute Gasteiger partial charge is 0.497 e. The van der Waals surface area contributed by atoms with Gasteiger partial charge in [0.1, 0.15) is 31.3 Å². The minimum Gasteiger partial charge on any atom is -0.497 e. The summed E-state index contributed by atoms with van der Waals surface area (Å²) in [7, 11) is -0.506. The van der Waals surface area contributed by atoms with E-state index < -0.39 is 39.6 Å². The third-order valence-corrected chi connectivity index (χ3v) is 18.3. The lowest BCUT2D eigenvalue weighted by molar-refractivity contribution is -0.0364. The Labute approximate surface area is 353 Å². The maximum absolute atomic E-state index is 13.4. The van der Waals surface area contributed by atoms with Crippen molar-refractivity contribution in [1.29, 1.82) is 0 Å². The Balaban J connectivity index is 1.17. The molecule has 1 aromatic heterocycles. The second kappa shape index (κ2) is 18.2. The number of H-pyrrole nitrogens is 1. The highest BCUT2D eigenvalue weighted by molar-refractivity contribution is 7.45. The number of aryl methyl sites for hydroxylation is 1. The van der Waals surface area contributed by atoms with Crippen molar-refractivity contribution in [3.8, 4) is 11.5 Å². The van der Waals surface area contributed by atoms with Crippen LogP contribution in [0.15, 0.2) is 155 Å². The molecule has 5 aromatic carbocycles. The van der Waals surface area contributed by atoms with Crippen LogP contribution in [0.2, 0.25) is 12.6 Å². The Morgan fingerprint density at radius 2 is 1.32 bits per heavy atom. The number of nitrogens with one attached hydrogen (secondary N) is 1. The summed E-state index contributed by atoms with van der Waals surface area (Å²) in [6.45, 7) is 5.20. The van der Waals surface area contributed by atoms with Crippen LogP contribution in [0.4, 0.5) is 0 Å². The standard InChI is InChI=1S/C48H52N3O7PSi/c1-35-31-50(47(53)49-46(35)52)32-41(33-56-48(36-15-8-5-9-16-36,37-22-26-39(54-2)27-23-37)38-24-28-40(55-3)29-25-38)57-59-51-30-14-21-44(51)45(58-59)34-60(4,42-17-10-6-11-18-42)43-19-12-7-13-20-43/h5-13,15-20,22-29,31,41,44-45H,14,21,30,32-34H2,1-4H3,(H,49,52,53)/t41?,44-,45+,59-/m0/s1. The number of nitrogens with zero attached hydrogens (tertiary/aromatic N) is 2. The molecule has 3 heterocycles. The molecule has 0 radical (unpaired) electrons. The molecular formula is C48H52N3O7PSi. The van der Waals surface area contributed by atoms with Crippen LogP contribution in [0.5, 0.6) is 11.5 Å². The molecule has 0 bridgehead atoms. The van der Waals surface area contributed by atoms with E-state index in [4.69, 9.17) is 23.3 Å². The average molecular weight is 842 g/mol. The molecule has 2 fully saturated rings. The molecular weight excluding hydrogens is 790 g/mol. The van der Waals surface area contributed by atoms with Gasteiger partial charge in [-0.15, -0.1) is 0 Å². The fraction of sp³-hybridized carbons (Fsp3) is 0.292. The Kier molecular flexibility index (Phi) is 12.6. The Morgan fingerprint density at radius 3 is 1.87 bits per heavy atom. The number of fused-ring (bicyclic) bond motifs is 1. The summed E-state index contributed by atoms with van der Waals surface area (Å²) in [6, 6.07) is 48.8. The van der Waals surface area contributed by atoms with Crippen molar-refractivity contribution >= 4 is 27.0 Å². The molecule has 2 saturated heterocycles. The first-order valence-corrected chi connectivity index (χ1v) is 24.4. The van der Waals surface area contributed by atoms with Gasteiger partial charge in [-0.2, -0.15) is 0 Å². The molecule has 0 aliphatic carbocycles. The van der Waals surface area contributed by atoms with Crippen molar-refractivity contribution < 1.29 is 23.3 Å². The number of aromatic amines is 1. The molecule has 0 spiro atoms. The van der Waals surface area contributed by atoms with Gasteiger partial charge in [0, 0.05) is 24.3 Å². The Hall–Kier alpha value is -5.13. The lowest BCUT2D eigenvalue weighted by atomic mass is 9.80.